The number of nitrogens with one attached hydrogen (secondary N) is 1. The van der Waals surface area contributed by atoms with Crippen molar-refractivity contribution < 1.29 is 9.90 Å². The highest BCUT2D eigenvalue weighted by Gasteiger charge is 2.09. The van der Waals surface area contributed by atoms with Crippen molar-refractivity contribution in [3.63, 3.8) is 0 Å². The van der Waals surface area contributed by atoms with E-state index in [1.807, 2.05) is 25.1 Å². The van der Waals surface area contributed by atoms with Gasteiger partial charge in [0.15, 0.2) is 0 Å². The number of rotatable bonds is 5. The van der Waals surface area contributed by atoms with Crippen LogP contribution in [0.5, 0.6) is 0 Å². The van der Waals surface area contributed by atoms with Crippen LogP contribution in [0.3, 0.4) is 0 Å². The number of carbonyl (C=O) groups excluding carboxylic acids is 1. The van der Waals surface area contributed by atoms with Crippen molar-refractivity contribution in [3.05, 3.63) is 34.9 Å². The van der Waals surface area contributed by atoms with Gasteiger partial charge in [-0.15, -0.1) is 0 Å². The standard InChI is InChI=1S/C12H16ClNO2/c1-9(6-7-15)14-12(16)8-10-4-2-3-5-11(10)13/h2-5,9,15H,6-8H2,1H3,(H,14,16). The zero-order valence-corrected chi connectivity index (χ0v) is 10.00. The van der Waals surface area contributed by atoms with Crippen LogP contribution in [0.15, 0.2) is 24.3 Å². The minimum atomic E-state index is -0.0750. The van der Waals surface area contributed by atoms with Crippen molar-refractivity contribution in [2.24, 2.45) is 0 Å². The summed E-state index contributed by atoms with van der Waals surface area (Å²) in [6.45, 7) is 1.94. The molecule has 1 aromatic rings. The van der Waals surface area contributed by atoms with E-state index in [0.29, 0.717) is 11.4 Å². The smallest absolute Gasteiger partial charge is 0.224 e. The van der Waals surface area contributed by atoms with Crippen LogP contribution in [0.2, 0.25) is 5.02 Å². The molecule has 16 heavy (non-hydrogen) atoms. The van der Waals surface area contributed by atoms with E-state index in [0.717, 1.165) is 5.56 Å². The van der Waals surface area contributed by atoms with Gasteiger partial charge in [-0.2, -0.15) is 0 Å². The number of benzene rings is 1. The van der Waals surface area contributed by atoms with Crippen LogP contribution in [0.25, 0.3) is 0 Å². The second-order valence-corrected chi connectivity index (χ2v) is 4.16. The molecule has 0 saturated carbocycles. The SMILES string of the molecule is CC(CCO)NC(=O)Cc1ccccc1Cl. The Morgan fingerprint density at radius 2 is 2.19 bits per heavy atom. The van der Waals surface area contributed by atoms with E-state index < -0.39 is 0 Å². The molecule has 4 heteroatoms. The minimum absolute atomic E-state index is 0.0139. The predicted molar refractivity (Wildman–Crippen MR) is 64.5 cm³/mol. The van der Waals surface area contributed by atoms with E-state index in [1.165, 1.54) is 0 Å². The van der Waals surface area contributed by atoms with Gasteiger partial charge in [0.25, 0.3) is 0 Å². The summed E-state index contributed by atoms with van der Waals surface area (Å²) < 4.78 is 0. The van der Waals surface area contributed by atoms with E-state index >= 15 is 0 Å². The van der Waals surface area contributed by atoms with Gasteiger partial charge in [-0.3, -0.25) is 4.79 Å². The Morgan fingerprint density at radius 1 is 1.50 bits per heavy atom. The summed E-state index contributed by atoms with van der Waals surface area (Å²) in [5.41, 5.74) is 0.817. The summed E-state index contributed by atoms with van der Waals surface area (Å²) in [4.78, 5) is 11.6. The molecule has 0 aromatic heterocycles. The first kappa shape index (κ1) is 13.0. The highest BCUT2D eigenvalue weighted by atomic mass is 35.5. The first-order valence-corrected chi connectivity index (χ1v) is 5.65. The molecule has 0 aliphatic heterocycles. The molecule has 0 spiro atoms. The number of hydrogen-bond acceptors (Lipinski definition) is 2. The zero-order valence-electron chi connectivity index (χ0n) is 9.24. The third kappa shape index (κ3) is 4.21. The van der Waals surface area contributed by atoms with Gasteiger partial charge in [-0.1, -0.05) is 29.8 Å². The summed E-state index contributed by atoms with van der Waals surface area (Å²) in [7, 11) is 0. The number of aliphatic hydroxyl groups is 1. The van der Waals surface area contributed by atoms with E-state index in [4.69, 9.17) is 16.7 Å². The Hall–Kier alpha value is -1.06. The van der Waals surface area contributed by atoms with Crippen molar-refractivity contribution in [2.75, 3.05) is 6.61 Å². The summed E-state index contributed by atoms with van der Waals surface area (Å²) in [6.07, 6.45) is 0.837. The minimum Gasteiger partial charge on any atom is -0.396 e. The molecule has 3 nitrogen and oxygen atoms in total. The molecule has 1 amide bonds. The summed E-state index contributed by atoms with van der Waals surface area (Å²) in [5.74, 6) is -0.0750. The lowest BCUT2D eigenvalue weighted by Gasteiger charge is -2.12. The summed E-state index contributed by atoms with van der Waals surface area (Å²) in [6, 6.07) is 7.27. The molecule has 1 unspecified atom stereocenters. The lowest BCUT2D eigenvalue weighted by Crippen LogP contribution is -2.34. The van der Waals surface area contributed by atoms with Crippen molar-refractivity contribution in [1.82, 2.24) is 5.32 Å². The van der Waals surface area contributed by atoms with E-state index in [9.17, 15) is 4.79 Å². The lowest BCUT2D eigenvalue weighted by molar-refractivity contribution is -0.121. The maximum absolute atomic E-state index is 11.6. The number of halogens is 1. The first-order valence-electron chi connectivity index (χ1n) is 5.27. The van der Waals surface area contributed by atoms with Crippen LogP contribution < -0.4 is 5.32 Å². The van der Waals surface area contributed by atoms with Gasteiger partial charge in [0.1, 0.15) is 0 Å². The molecule has 0 heterocycles. The van der Waals surface area contributed by atoms with Crippen LogP contribution >= 0.6 is 11.6 Å². The Morgan fingerprint density at radius 3 is 2.81 bits per heavy atom. The quantitative estimate of drug-likeness (QED) is 0.826. The maximum atomic E-state index is 11.6. The van der Waals surface area contributed by atoms with Gasteiger partial charge < -0.3 is 10.4 Å². The topological polar surface area (TPSA) is 49.3 Å². The molecule has 88 valence electrons. The fourth-order valence-corrected chi connectivity index (χ4v) is 1.61. The summed E-state index contributed by atoms with van der Waals surface area (Å²) >= 11 is 5.95. The van der Waals surface area contributed by atoms with E-state index in [2.05, 4.69) is 5.32 Å². The van der Waals surface area contributed by atoms with E-state index in [1.54, 1.807) is 6.07 Å². The number of aliphatic hydroxyl groups excluding tert-OH is 1. The normalized spacial score (nSPS) is 12.2. The fourth-order valence-electron chi connectivity index (χ4n) is 1.41. The van der Waals surface area contributed by atoms with Gasteiger partial charge in [0.2, 0.25) is 5.91 Å². The van der Waals surface area contributed by atoms with Crippen LogP contribution in [0.4, 0.5) is 0 Å². The lowest BCUT2D eigenvalue weighted by atomic mass is 10.1. The molecule has 0 aliphatic carbocycles. The third-order valence-electron chi connectivity index (χ3n) is 2.28. The Labute approximate surface area is 100 Å². The molecular formula is C12H16ClNO2. The summed E-state index contributed by atoms with van der Waals surface area (Å²) in [5, 5.41) is 12.1. The maximum Gasteiger partial charge on any atom is 0.224 e. The number of carbonyl (C=O) groups is 1. The van der Waals surface area contributed by atoms with Crippen molar-refractivity contribution in [1.29, 1.82) is 0 Å². The predicted octanol–water partition coefficient (Wildman–Crippen LogP) is 1.77. The van der Waals surface area contributed by atoms with Gasteiger partial charge >= 0.3 is 0 Å². The average Bonchev–Trinajstić information content (AvgIpc) is 2.21. The highest BCUT2D eigenvalue weighted by Crippen LogP contribution is 2.15. The second-order valence-electron chi connectivity index (χ2n) is 3.75. The second kappa shape index (κ2) is 6.51. The number of amides is 1. The highest BCUT2D eigenvalue weighted by molar-refractivity contribution is 6.31. The molecule has 2 N–H and O–H groups in total. The van der Waals surface area contributed by atoms with Crippen molar-refractivity contribution in [3.8, 4) is 0 Å². The molecule has 1 rings (SSSR count). The molecule has 0 radical (unpaired) electrons. The van der Waals surface area contributed by atoms with Gasteiger partial charge in [0.05, 0.1) is 6.42 Å². The molecule has 1 aromatic carbocycles. The molecule has 0 aliphatic rings. The molecule has 0 bridgehead atoms. The molecule has 0 saturated heterocycles. The molecule has 1 atom stereocenters. The third-order valence-corrected chi connectivity index (χ3v) is 2.65. The van der Waals surface area contributed by atoms with Crippen LogP contribution in [-0.2, 0) is 11.2 Å². The van der Waals surface area contributed by atoms with Gasteiger partial charge in [0, 0.05) is 17.7 Å². The zero-order chi connectivity index (χ0) is 12.0. The van der Waals surface area contributed by atoms with Gasteiger partial charge in [-0.05, 0) is 25.0 Å². The Kier molecular flexibility index (Phi) is 5.29. The largest absolute Gasteiger partial charge is 0.396 e. The van der Waals surface area contributed by atoms with Crippen LogP contribution in [0, 0.1) is 0 Å². The average molecular weight is 242 g/mol. The van der Waals surface area contributed by atoms with Crippen molar-refractivity contribution >= 4 is 17.5 Å². The molecule has 0 fully saturated rings. The number of hydrogen-bond donors (Lipinski definition) is 2. The first-order chi connectivity index (χ1) is 7.63. The fraction of sp³-hybridized carbons (Fsp3) is 0.417. The van der Waals surface area contributed by atoms with Crippen molar-refractivity contribution in [2.45, 2.75) is 25.8 Å². The molecular weight excluding hydrogens is 226 g/mol. The Bertz CT molecular complexity index is 355. The monoisotopic (exact) mass is 241 g/mol. The van der Waals surface area contributed by atoms with Gasteiger partial charge in [-0.25, -0.2) is 0 Å². The van der Waals surface area contributed by atoms with Crippen LogP contribution in [-0.4, -0.2) is 23.7 Å². The Balaban J connectivity index is 2.49. The van der Waals surface area contributed by atoms with Crippen LogP contribution in [0.1, 0.15) is 18.9 Å². The van der Waals surface area contributed by atoms with E-state index in [-0.39, 0.29) is 25.0 Å².